The molecule has 1 N–H and O–H groups in total. The van der Waals surface area contributed by atoms with E-state index in [1.807, 2.05) is 6.07 Å². The lowest BCUT2D eigenvalue weighted by atomic mass is 9.88. The number of carbonyl (C=O) groups is 2. The molecular formula is C23H29ClN2O3S. The van der Waals surface area contributed by atoms with Crippen LogP contribution < -0.4 is 5.32 Å². The highest BCUT2D eigenvalue weighted by atomic mass is 35.5. The second-order valence-corrected chi connectivity index (χ2v) is 9.08. The van der Waals surface area contributed by atoms with Crippen LogP contribution in [0.25, 0.3) is 0 Å². The number of anilines is 1. The second-order valence-electron chi connectivity index (χ2n) is 7.97. The summed E-state index contributed by atoms with van der Waals surface area (Å²) in [6, 6.07) is 10.4. The molecule has 5 nitrogen and oxygen atoms in total. The van der Waals surface area contributed by atoms with Gasteiger partial charge in [0.2, 0.25) is 5.91 Å². The minimum atomic E-state index is -0.349. The number of rotatable bonds is 5. The van der Waals surface area contributed by atoms with Gasteiger partial charge >= 0.3 is 5.97 Å². The van der Waals surface area contributed by atoms with Crippen LogP contribution in [0.3, 0.4) is 0 Å². The maximum Gasteiger partial charge on any atom is 0.341 e. The summed E-state index contributed by atoms with van der Waals surface area (Å²) in [5.41, 5.74) is 2.90. The Morgan fingerprint density at radius 3 is 2.60 bits per heavy atom. The molecule has 2 aromatic rings. The second kappa shape index (κ2) is 10.4. The van der Waals surface area contributed by atoms with Gasteiger partial charge in [0.05, 0.1) is 12.7 Å². The Balaban J connectivity index is 0.00000256. The zero-order chi connectivity index (χ0) is 20.2. The van der Waals surface area contributed by atoms with Gasteiger partial charge < -0.3 is 10.1 Å². The van der Waals surface area contributed by atoms with E-state index in [-0.39, 0.29) is 30.2 Å². The van der Waals surface area contributed by atoms with Crippen molar-refractivity contribution in [3.63, 3.8) is 0 Å². The van der Waals surface area contributed by atoms with E-state index < -0.39 is 0 Å². The number of ether oxygens (including phenoxy) is 1. The molecule has 1 saturated carbocycles. The SMILES string of the molecule is COC(=O)c1c(NC(=O)C2CCCCC2)sc2c1CCN(Cc1ccccc1)C2.Cl. The molecule has 1 aromatic heterocycles. The molecule has 0 saturated heterocycles. The van der Waals surface area contributed by atoms with Crippen LogP contribution in [0, 0.1) is 5.92 Å². The number of benzene rings is 1. The van der Waals surface area contributed by atoms with E-state index in [4.69, 9.17) is 4.74 Å². The monoisotopic (exact) mass is 448 g/mol. The van der Waals surface area contributed by atoms with E-state index in [1.54, 1.807) is 0 Å². The number of carbonyl (C=O) groups excluding carboxylic acids is 2. The Bertz CT molecular complexity index is 878. The van der Waals surface area contributed by atoms with Gasteiger partial charge in [0.25, 0.3) is 0 Å². The van der Waals surface area contributed by atoms with Gasteiger partial charge in [-0.2, -0.15) is 0 Å². The van der Waals surface area contributed by atoms with Crippen molar-refractivity contribution in [3.8, 4) is 0 Å². The molecule has 162 valence electrons. The molecule has 30 heavy (non-hydrogen) atoms. The van der Waals surface area contributed by atoms with Crippen LogP contribution in [-0.2, 0) is 29.0 Å². The third-order valence-corrected chi connectivity index (χ3v) is 7.12. The molecule has 4 rings (SSSR count). The van der Waals surface area contributed by atoms with E-state index in [0.29, 0.717) is 10.6 Å². The molecule has 1 aliphatic carbocycles. The quantitative estimate of drug-likeness (QED) is 0.651. The molecule has 2 aliphatic rings. The normalized spacial score (nSPS) is 17.0. The molecule has 7 heteroatoms. The van der Waals surface area contributed by atoms with E-state index in [2.05, 4.69) is 34.5 Å². The van der Waals surface area contributed by atoms with Gasteiger partial charge in [0.15, 0.2) is 0 Å². The highest BCUT2D eigenvalue weighted by Gasteiger charge is 2.30. The Morgan fingerprint density at radius 1 is 1.17 bits per heavy atom. The number of hydrogen-bond acceptors (Lipinski definition) is 5. The van der Waals surface area contributed by atoms with Crippen LogP contribution in [0.5, 0.6) is 0 Å². The Morgan fingerprint density at radius 2 is 1.90 bits per heavy atom. The number of halogens is 1. The van der Waals surface area contributed by atoms with Crippen molar-refractivity contribution in [3.05, 3.63) is 51.9 Å². The van der Waals surface area contributed by atoms with E-state index >= 15 is 0 Å². The fourth-order valence-corrected chi connectivity index (χ4v) is 5.70. The first kappa shape index (κ1) is 22.8. The number of amides is 1. The zero-order valence-electron chi connectivity index (χ0n) is 17.3. The molecule has 0 spiro atoms. The number of esters is 1. The van der Waals surface area contributed by atoms with Crippen LogP contribution in [0.2, 0.25) is 0 Å². The number of thiophene rings is 1. The van der Waals surface area contributed by atoms with Crippen LogP contribution >= 0.6 is 23.7 Å². The number of nitrogens with zero attached hydrogens (tertiary/aromatic N) is 1. The maximum atomic E-state index is 12.8. The van der Waals surface area contributed by atoms with E-state index in [0.717, 1.165) is 62.2 Å². The summed E-state index contributed by atoms with van der Waals surface area (Å²) >= 11 is 1.54. The van der Waals surface area contributed by atoms with Crippen molar-refractivity contribution in [2.45, 2.75) is 51.6 Å². The summed E-state index contributed by atoms with van der Waals surface area (Å²) in [7, 11) is 1.41. The summed E-state index contributed by atoms with van der Waals surface area (Å²) in [5.74, 6) is -0.240. The highest BCUT2D eigenvalue weighted by Crippen LogP contribution is 2.38. The summed E-state index contributed by atoms with van der Waals surface area (Å²) in [6.45, 7) is 2.56. The van der Waals surface area contributed by atoms with Crippen molar-refractivity contribution in [2.24, 2.45) is 5.92 Å². The van der Waals surface area contributed by atoms with Crippen molar-refractivity contribution in [2.75, 3.05) is 19.0 Å². The predicted molar refractivity (Wildman–Crippen MR) is 122 cm³/mol. The van der Waals surface area contributed by atoms with E-state index in [9.17, 15) is 9.59 Å². The van der Waals surface area contributed by atoms with Crippen molar-refractivity contribution in [1.82, 2.24) is 4.90 Å². The van der Waals surface area contributed by atoms with Gasteiger partial charge in [-0.1, -0.05) is 49.6 Å². The molecule has 1 fully saturated rings. The standard InChI is InChI=1S/C23H28N2O3S.ClH/c1-28-23(27)20-18-12-13-25(14-16-8-4-2-5-9-16)15-19(18)29-22(20)24-21(26)17-10-6-3-7-11-17;/h2,4-5,8-9,17H,3,6-7,10-15H2,1H3,(H,24,26);1H. The summed E-state index contributed by atoms with van der Waals surface area (Å²) in [6.07, 6.45) is 6.10. The van der Waals surface area contributed by atoms with Crippen molar-refractivity contribution < 1.29 is 14.3 Å². The molecule has 1 aromatic carbocycles. The van der Waals surface area contributed by atoms with Crippen LogP contribution in [0.1, 0.15) is 58.5 Å². The molecule has 0 bridgehead atoms. The van der Waals surface area contributed by atoms with E-state index in [1.165, 1.54) is 30.4 Å². The van der Waals surface area contributed by atoms with Crippen LogP contribution in [0.4, 0.5) is 5.00 Å². The topological polar surface area (TPSA) is 58.6 Å². The lowest BCUT2D eigenvalue weighted by Gasteiger charge is -2.27. The molecule has 0 atom stereocenters. The number of nitrogens with one attached hydrogen (secondary N) is 1. The van der Waals surface area contributed by atoms with Crippen molar-refractivity contribution >= 4 is 40.6 Å². The van der Waals surface area contributed by atoms with Gasteiger partial charge in [-0.05, 0) is 30.4 Å². The third kappa shape index (κ3) is 5.05. The van der Waals surface area contributed by atoms with Gasteiger partial charge in [-0.15, -0.1) is 23.7 Å². The fourth-order valence-electron chi connectivity index (χ4n) is 4.42. The van der Waals surface area contributed by atoms with Gasteiger partial charge in [-0.25, -0.2) is 4.79 Å². The average Bonchev–Trinajstić information content (AvgIpc) is 3.11. The first-order valence-corrected chi connectivity index (χ1v) is 11.3. The van der Waals surface area contributed by atoms with Gasteiger partial charge in [0, 0.05) is 30.4 Å². The maximum absolute atomic E-state index is 12.8. The summed E-state index contributed by atoms with van der Waals surface area (Å²) < 4.78 is 5.05. The first-order valence-electron chi connectivity index (χ1n) is 10.5. The highest BCUT2D eigenvalue weighted by molar-refractivity contribution is 7.17. The van der Waals surface area contributed by atoms with Gasteiger partial charge in [0.1, 0.15) is 5.00 Å². The largest absolute Gasteiger partial charge is 0.465 e. The summed E-state index contributed by atoms with van der Waals surface area (Å²) in [5, 5.41) is 3.74. The minimum Gasteiger partial charge on any atom is -0.465 e. The molecule has 1 amide bonds. The average molecular weight is 449 g/mol. The summed E-state index contributed by atoms with van der Waals surface area (Å²) in [4.78, 5) is 28.8. The fraction of sp³-hybridized carbons (Fsp3) is 0.478. The first-order chi connectivity index (χ1) is 14.2. The third-order valence-electron chi connectivity index (χ3n) is 5.99. The molecule has 0 radical (unpaired) electrons. The Labute approximate surface area is 188 Å². The van der Waals surface area contributed by atoms with Crippen molar-refractivity contribution in [1.29, 1.82) is 0 Å². The Kier molecular flexibility index (Phi) is 7.92. The molecule has 2 heterocycles. The van der Waals surface area contributed by atoms with Crippen LogP contribution in [0.15, 0.2) is 30.3 Å². The van der Waals surface area contributed by atoms with Gasteiger partial charge in [-0.3, -0.25) is 9.69 Å². The smallest absolute Gasteiger partial charge is 0.341 e. The molecule has 1 aliphatic heterocycles. The lowest BCUT2D eigenvalue weighted by molar-refractivity contribution is -0.120. The minimum absolute atomic E-state index is 0. The Hall–Kier alpha value is -1.89. The predicted octanol–water partition coefficient (Wildman–Crippen LogP) is 5.03. The number of fused-ring (bicyclic) bond motifs is 1. The lowest BCUT2D eigenvalue weighted by Crippen LogP contribution is -2.30. The number of hydrogen-bond donors (Lipinski definition) is 1. The van der Waals surface area contributed by atoms with Crippen LogP contribution in [-0.4, -0.2) is 30.4 Å². The molecule has 0 unspecified atom stereocenters. The zero-order valence-corrected chi connectivity index (χ0v) is 18.9. The number of methoxy groups -OCH3 is 1. The molecular weight excluding hydrogens is 420 g/mol.